The zero-order chi connectivity index (χ0) is 8.27. The van der Waals surface area contributed by atoms with Gasteiger partial charge in [-0.3, -0.25) is 0 Å². The van der Waals surface area contributed by atoms with Crippen molar-refractivity contribution in [2.75, 3.05) is 0 Å². The molecule has 1 N–H and O–H groups in total. The molecule has 0 saturated carbocycles. The molecule has 5 heteroatoms. The largest absolute Gasteiger partial charge is 0.479 e. The number of rotatable bonds is 2. The van der Waals surface area contributed by atoms with Crippen LogP contribution in [-0.4, -0.2) is 21.3 Å². The van der Waals surface area contributed by atoms with Gasteiger partial charge in [0.05, 0.1) is 0 Å². The molecule has 58 valence electrons. The topological polar surface area (TPSA) is 63.1 Å². The fourth-order valence-corrected chi connectivity index (χ4v) is 0.575. The van der Waals surface area contributed by atoms with Crippen LogP contribution in [0.3, 0.4) is 0 Å². The zero-order valence-electron chi connectivity index (χ0n) is 5.44. The lowest BCUT2D eigenvalue weighted by atomic mass is 10.3. The van der Waals surface area contributed by atoms with Crippen LogP contribution in [0, 0.1) is 0 Å². The van der Waals surface area contributed by atoms with Crippen molar-refractivity contribution in [3.8, 4) is 0 Å². The summed E-state index contributed by atoms with van der Waals surface area (Å²) in [6, 6.07) is 2.70. The van der Waals surface area contributed by atoms with Gasteiger partial charge in [0, 0.05) is 6.20 Å². The van der Waals surface area contributed by atoms with Crippen molar-refractivity contribution in [1.29, 1.82) is 0 Å². The van der Waals surface area contributed by atoms with Crippen molar-refractivity contribution in [2.24, 2.45) is 0 Å². The van der Waals surface area contributed by atoms with Crippen LogP contribution in [0.15, 0.2) is 18.3 Å². The van der Waals surface area contributed by atoms with Gasteiger partial charge in [0.2, 0.25) is 6.17 Å². The Hall–Kier alpha value is -1.52. The van der Waals surface area contributed by atoms with E-state index in [1.807, 2.05) is 0 Å². The Kier molecular flexibility index (Phi) is 2.10. The Bertz CT molecular complexity index is 252. The number of carboxylic acids is 1. The van der Waals surface area contributed by atoms with Crippen molar-refractivity contribution < 1.29 is 14.3 Å². The van der Waals surface area contributed by atoms with Crippen LogP contribution in [0.1, 0.15) is 11.9 Å². The summed E-state index contributed by atoms with van der Waals surface area (Å²) >= 11 is 0. The highest BCUT2D eigenvalue weighted by atomic mass is 19.1. The number of nitrogens with zero attached hydrogens (tertiary/aromatic N) is 2. The number of alkyl halides is 1. The molecule has 1 unspecified atom stereocenters. The molecule has 1 atom stereocenters. The zero-order valence-corrected chi connectivity index (χ0v) is 5.44. The van der Waals surface area contributed by atoms with Crippen molar-refractivity contribution in [2.45, 2.75) is 6.17 Å². The molecule has 0 fully saturated rings. The summed E-state index contributed by atoms with van der Waals surface area (Å²) in [6.07, 6.45) is -0.735. The highest BCUT2D eigenvalue weighted by Gasteiger charge is 2.19. The van der Waals surface area contributed by atoms with Crippen LogP contribution in [0.2, 0.25) is 0 Å². The van der Waals surface area contributed by atoms with Gasteiger partial charge in [0.25, 0.3) is 0 Å². The van der Waals surface area contributed by atoms with E-state index < -0.39 is 12.1 Å². The van der Waals surface area contributed by atoms with Gasteiger partial charge in [-0.05, 0) is 12.1 Å². The van der Waals surface area contributed by atoms with Crippen LogP contribution in [0.25, 0.3) is 0 Å². The summed E-state index contributed by atoms with van der Waals surface area (Å²) in [5.74, 6) is -1.55. The third-order valence-corrected chi connectivity index (χ3v) is 1.07. The summed E-state index contributed by atoms with van der Waals surface area (Å²) in [6.45, 7) is 0. The Labute approximate surface area is 61.7 Å². The fourth-order valence-electron chi connectivity index (χ4n) is 0.575. The molecule has 0 bridgehead atoms. The second-order valence-corrected chi connectivity index (χ2v) is 1.85. The molecular formula is C6H5FN2O2. The van der Waals surface area contributed by atoms with Crippen LogP contribution in [-0.2, 0) is 4.79 Å². The first-order valence-electron chi connectivity index (χ1n) is 2.86. The van der Waals surface area contributed by atoms with Crippen molar-refractivity contribution in [3.05, 3.63) is 24.0 Å². The third kappa shape index (κ3) is 1.70. The smallest absolute Gasteiger partial charge is 0.344 e. The number of halogens is 1. The predicted octanol–water partition coefficient (Wildman–Crippen LogP) is 0.572. The monoisotopic (exact) mass is 156 g/mol. The van der Waals surface area contributed by atoms with Crippen LogP contribution in [0.5, 0.6) is 0 Å². The molecular weight excluding hydrogens is 151 g/mol. The van der Waals surface area contributed by atoms with Crippen molar-refractivity contribution in [3.63, 3.8) is 0 Å². The Morgan fingerprint density at radius 3 is 2.91 bits per heavy atom. The van der Waals surface area contributed by atoms with E-state index in [1.54, 1.807) is 0 Å². The Morgan fingerprint density at radius 1 is 1.73 bits per heavy atom. The first kappa shape index (κ1) is 7.59. The SMILES string of the molecule is O=C(O)C(F)c1cccnn1. The standard InChI is InChI=1S/C6H5FN2O2/c7-5(6(10)11)4-2-1-3-8-9-4/h1-3,5H,(H,10,11). The first-order valence-corrected chi connectivity index (χ1v) is 2.86. The lowest BCUT2D eigenvalue weighted by molar-refractivity contribution is -0.143. The first-order chi connectivity index (χ1) is 5.22. The highest BCUT2D eigenvalue weighted by Crippen LogP contribution is 2.12. The minimum atomic E-state index is -2.08. The molecule has 0 amide bonds. The normalized spacial score (nSPS) is 12.5. The van der Waals surface area contributed by atoms with E-state index in [2.05, 4.69) is 10.2 Å². The van der Waals surface area contributed by atoms with Crippen LogP contribution >= 0.6 is 0 Å². The highest BCUT2D eigenvalue weighted by molar-refractivity contribution is 5.73. The number of hydrogen-bond acceptors (Lipinski definition) is 3. The average molecular weight is 156 g/mol. The van der Waals surface area contributed by atoms with Crippen molar-refractivity contribution >= 4 is 5.97 Å². The average Bonchev–Trinajstić information content (AvgIpc) is 2.05. The molecule has 1 aromatic heterocycles. The Morgan fingerprint density at radius 2 is 2.45 bits per heavy atom. The van der Waals surface area contributed by atoms with Gasteiger partial charge in [-0.15, -0.1) is 0 Å². The number of hydrogen-bond donors (Lipinski definition) is 1. The molecule has 1 aromatic rings. The van der Waals surface area contributed by atoms with Gasteiger partial charge in [-0.2, -0.15) is 10.2 Å². The molecule has 0 aliphatic rings. The predicted molar refractivity (Wildman–Crippen MR) is 33.5 cm³/mol. The minimum absolute atomic E-state index is 0.181. The van der Waals surface area contributed by atoms with E-state index in [9.17, 15) is 9.18 Å². The molecule has 0 aliphatic heterocycles. The van der Waals surface area contributed by atoms with Crippen LogP contribution < -0.4 is 0 Å². The second kappa shape index (κ2) is 3.05. The molecule has 0 radical (unpaired) electrons. The summed E-state index contributed by atoms with van der Waals surface area (Å²) < 4.78 is 12.6. The van der Waals surface area contributed by atoms with E-state index in [0.29, 0.717) is 0 Å². The summed E-state index contributed by atoms with van der Waals surface area (Å²) in [5.41, 5.74) is -0.181. The molecule has 0 aromatic carbocycles. The second-order valence-electron chi connectivity index (χ2n) is 1.85. The lowest BCUT2D eigenvalue weighted by Gasteiger charge is -1.98. The molecule has 4 nitrogen and oxygen atoms in total. The molecule has 0 spiro atoms. The van der Waals surface area contributed by atoms with Gasteiger partial charge in [0.15, 0.2) is 0 Å². The van der Waals surface area contributed by atoms with Gasteiger partial charge >= 0.3 is 5.97 Å². The van der Waals surface area contributed by atoms with E-state index in [1.165, 1.54) is 18.3 Å². The number of aliphatic carboxylic acids is 1. The van der Waals surface area contributed by atoms with Crippen molar-refractivity contribution in [1.82, 2.24) is 10.2 Å². The maximum atomic E-state index is 12.6. The molecule has 1 heterocycles. The molecule has 11 heavy (non-hydrogen) atoms. The molecule has 1 rings (SSSR count). The third-order valence-electron chi connectivity index (χ3n) is 1.07. The van der Waals surface area contributed by atoms with Crippen LogP contribution in [0.4, 0.5) is 4.39 Å². The number of carboxylic acid groups (broad SMARTS) is 1. The summed E-state index contributed by atoms with van der Waals surface area (Å²) in [4.78, 5) is 10.1. The van der Waals surface area contributed by atoms with Gasteiger partial charge in [-0.1, -0.05) is 0 Å². The summed E-state index contributed by atoms with van der Waals surface area (Å²) in [7, 11) is 0. The maximum absolute atomic E-state index is 12.6. The quantitative estimate of drug-likeness (QED) is 0.679. The Balaban J connectivity index is 2.85. The maximum Gasteiger partial charge on any atom is 0.344 e. The lowest BCUT2D eigenvalue weighted by Crippen LogP contribution is -2.08. The van der Waals surface area contributed by atoms with E-state index in [0.717, 1.165) is 0 Å². The summed E-state index contributed by atoms with van der Waals surface area (Å²) in [5, 5.41) is 14.8. The van der Waals surface area contributed by atoms with E-state index in [4.69, 9.17) is 5.11 Å². The fraction of sp³-hybridized carbons (Fsp3) is 0.167. The van der Waals surface area contributed by atoms with Gasteiger partial charge in [-0.25, -0.2) is 9.18 Å². The number of carbonyl (C=O) groups is 1. The number of aromatic nitrogens is 2. The molecule has 0 saturated heterocycles. The van der Waals surface area contributed by atoms with E-state index in [-0.39, 0.29) is 5.69 Å². The minimum Gasteiger partial charge on any atom is -0.479 e. The van der Waals surface area contributed by atoms with Gasteiger partial charge in [0.1, 0.15) is 5.69 Å². The molecule has 0 aliphatic carbocycles. The van der Waals surface area contributed by atoms with E-state index >= 15 is 0 Å². The van der Waals surface area contributed by atoms with Gasteiger partial charge < -0.3 is 5.11 Å².